The van der Waals surface area contributed by atoms with Crippen molar-refractivity contribution in [1.82, 2.24) is 5.06 Å². The Hall–Kier alpha value is -3.77. The van der Waals surface area contributed by atoms with E-state index in [1.54, 1.807) is 19.1 Å². The molecule has 0 aromatic heterocycles. The van der Waals surface area contributed by atoms with Gasteiger partial charge in [0, 0.05) is 18.6 Å². The second-order valence-electron chi connectivity index (χ2n) is 8.85. The van der Waals surface area contributed by atoms with Crippen LogP contribution in [0, 0.1) is 30.9 Å². The SMILES string of the molecule is CC(=O)C1=C(Cc2ccc([N+](=O)[O-])cc2)ON(Cc2c(C)cc(C)cc2C)[C@H]1c1ccccc1. The van der Waals surface area contributed by atoms with E-state index in [9.17, 15) is 14.9 Å². The number of allylic oxidation sites excluding steroid dienone is 1. The minimum atomic E-state index is -0.421. The largest absolute Gasteiger partial charge is 0.408 e. The van der Waals surface area contributed by atoms with Gasteiger partial charge in [0.2, 0.25) is 0 Å². The zero-order valence-corrected chi connectivity index (χ0v) is 19.9. The molecule has 1 atom stereocenters. The third kappa shape index (κ3) is 4.77. The maximum absolute atomic E-state index is 12.9. The van der Waals surface area contributed by atoms with Gasteiger partial charge in [0.05, 0.1) is 17.0 Å². The smallest absolute Gasteiger partial charge is 0.269 e. The van der Waals surface area contributed by atoms with Crippen molar-refractivity contribution in [2.24, 2.45) is 0 Å². The average molecular weight is 457 g/mol. The average Bonchev–Trinajstić information content (AvgIpc) is 3.15. The summed E-state index contributed by atoms with van der Waals surface area (Å²) in [5.41, 5.74) is 7.22. The van der Waals surface area contributed by atoms with Crippen molar-refractivity contribution in [3.8, 4) is 0 Å². The van der Waals surface area contributed by atoms with Gasteiger partial charge in [0.1, 0.15) is 11.8 Å². The van der Waals surface area contributed by atoms with Crippen LogP contribution in [0.1, 0.15) is 46.3 Å². The molecule has 4 rings (SSSR count). The third-order valence-corrected chi connectivity index (χ3v) is 6.25. The molecule has 1 aliphatic heterocycles. The summed E-state index contributed by atoms with van der Waals surface area (Å²) >= 11 is 0. The molecule has 0 saturated carbocycles. The zero-order valence-electron chi connectivity index (χ0n) is 19.9. The molecule has 34 heavy (non-hydrogen) atoms. The van der Waals surface area contributed by atoms with Crippen LogP contribution in [0.15, 0.2) is 78.1 Å². The maximum atomic E-state index is 12.9. The number of hydrogen-bond donors (Lipinski definition) is 0. The van der Waals surface area contributed by atoms with Crippen LogP contribution in [0.3, 0.4) is 0 Å². The van der Waals surface area contributed by atoms with E-state index < -0.39 is 4.92 Å². The van der Waals surface area contributed by atoms with Crippen LogP contribution in [-0.4, -0.2) is 15.8 Å². The quantitative estimate of drug-likeness (QED) is 0.318. The Morgan fingerprint density at radius 1 is 1.00 bits per heavy atom. The molecule has 0 bridgehead atoms. The predicted octanol–water partition coefficient (Wildman–Crippen LogP) is 6.09. The summed E-state index contributed by atoms with van der Waals surface area (Å²) in [7, 11) is 0. The summed E-state index contributed by atoms with van der Waals surface area (Å²) in [6.07, 6.45) is 0.374. The van der Waals surface area contributed by atoms with Gasteiger partial charge in [0.15, 0.2) is 5.78 Å². The van der Waals surface area contributed by atoms with Crippen molar-refractivity contribution < 1.29 is 14.6 Å². The molecule has 6 heteroatoms. The van der Waals surface area contributed by atoms with Crippen LogP contribution >= 0.6 is 0 Å². The van der Waals surface area contributed by atoms with Gasteiger partial charge < -0.3 is 4.84 Å². The number of ketones is 1. The molecule has 0 N–H and O–H groups in total. The van der Waals surface area contributed by atoms with Crippen molar-refractivity contribution in [1.29, 1.82) is 0 Å². The zero-order chi connectivity index (χ0) is 24.4. The molecule has 0 unspecified atom stereocenters. The number of benzene rings is 3. The molecule has 0 amide bonds. The van der Waals surface area contributed by atoms with Gasteiger partial charge in [-0.2, -0.15) is 0 Å². The van der Waals surface area contributed by atoms with E-state index in [0.717, 1.165) is 11.1 Å². The van der Waals surface area contributed by atoms with Gasteiger partial charge in [-0.1, -0.05) is 60.2 Å². The van der Waals surface area contributed by atoms with Gasteiger partial charge in [-0.3, -0.25) is 14.9 Å². The van der Waals surface area contributed by atoms with Crippen molar-refractivity contribution in [2.45, 2.75) is 46.7 Å². The van der Waals surface area contributed by atoms with E-state index in [1.807, 2.05) is 35.4 Å². The number of carbonyl (C=O) groups is 1. The maximum Gasteiger partial charge on any atom is 0.269 e. The second kappa shape index (κ2) is 9.61. The van der Waals surface area contributed by atoms with Gasteiger partial charge in [0.25, 0.3) is 5.69 Å². The van der Waals surface area contributed by atoms with E-state index in [1.165, 1.54) is 34.4 Å². The molecule has 3 aromatic rings. The first-order valence-corrected chi connectivity index (χ1v) is 11.3. The number of aryl methyl sites for hydroxylation is 3. The molecule has 1 heterocycles. The summed E-state index contributed by atoms with van der Waals surface area (Å²) in [5, 5.41) is 12.9. The highest BCUT2D eigenvalue weighted by atomic mass is 16.7. The van der Waals surface area contributed by atoms with Crippen molar-refractivity contribution in [2.75, 3.05) is 0 Å². The van der Waals surface area contributed by atoms with Crippen molar-refractivity contribution >= 4 is 11.5 Å². The van der Waals surface area contributed by atoms with E-state index >= 15 is 0 Å². The summed E-state index contributed by atoms with van der Waals surface area (Å²) in [6.45, 7) is 8.37. The Balaban J connectivity index is 1.73. The van der Waals surface area contributed by atoms with Crippen molar-refractivity contribution in [3.05, 3.63) is 122 Å². The van der Waals surface area contributed by atoms with Crippen LogP contribution in [-0.2, 0) is 22.6 Å². The van der Waals surface area contributed by atoms with Crippen molar-refractivity contribution in [3.63, 3.8) is 0 Å². The third-order valence-electron chi connectivity index (χ3n) is 6.25. The molecule has 0 fully saturated rings. The lowest BCUT2D eigenvalue weighted by Gasteiger charge is -2.26. The lowest BCUT2D eigenvalue weighted by molar-refractivity contribution is -0.384. The number of carbonyl (C=O) groups excluding carboxylic acids is 1. The normalized spacial score (nSPS) is 15.9. The second-order valence-corrected chi connectivity index (χ2v) is 8.85. The Kier molecular flexibility index (Phi) is 6.61. The molecular weight excluding hydrogens is 428 g/mol. The van der Waals surface area contributed by atoms with Crippen LogP contribution in [0.25, 0.3) is 0 Å². The molecular formula is C28H28N2O4. The molecule has 0 spiro atoms. The monoisotopic (exact) mass is 456 g/mol. The van der Waals surface area contributed by atoms with Crippen LogP contribution in [0.2, 0.25) is 0 Å². The number of hydroxylamine groups is 2. The van der Waals surface area contributed by atoms with E-state index in [4.69, 9.17) is 4.84 Å². The number of rotatable bonds is 7. The number of Topliss-reactive ketones (excluding diaryl/α,β-unsaturated/α-hetero) is 1. The minimum absolute atomic E-state index is 0.0333. The van der Waals surface area contributed by atoms with Gasteiger partial charge in [-0.15, -0.1) is 5.06 Å². The molecule has 0 radical (unpaired) electrons. The number of nitro benzene ring substituents is 1. The molecule has 3 aromatic carbocycles. The van der Waals surface area contributed by atoms with E-state index in [0.29, 0.717) is 24.3 Å². The minimum Gasteiger partial charge on any atom is -0.408 e. The standard InChI is InChI=1S/C28H28N2O4/c1-18-14-19(2)25(20(3)15-18)17-29-28(23-8-6-5-7-9-23)27(21(4)31)26(34-29)16-22-10-12-24(13-11-22)30(32)33/h5-15,28H,16-17H2,1-4H3/t28-/m0/s1. The fourth-order valence-electron chi connectivity index (χ4n) is 4.68. The van der Waals surface area contributed by atoms with Crippen LogP contribution in [0.5, 0.6) is 0 Å². The number of non-ortho nitro benzene ring substituents is 1. The topological polar surface area (TPSA) is 72.7 Å². The Bertz CT molecular complexity index is 1240. The number of nitro groups is 1. The summed E-state index contributed by atoms with van der Waals surface area (Å²) in [6, 6.07) is 20.2. The summed E-state index contributed by atoms with van der Waals surface area (Å²) in [5.74, 6) is 0.531. The first-order chi connectivity index (χ1) is 16.2. The Labute approximate surface area is 199 Å². The number of hydrogen-bond acceptors (Lipinski definition) is 5. The molecule has 0 aliphatic carbocycles. The molecule has 174 valence electrons. The Morgan fingerprint density at radius 2 is 1.62 bits per heavy atom. The molecule has 0 saturated heterocycles. The highest BCUT2D eigenvalue weighted by molar-refractivity contribution is 5.95. The predicted molar refractivity (Wildman–Crippen MR) is 131 cm³/mol. The lowest BCUT2D eigenvalue weighted by Crippen LogP contribution is -2.26. The van der Waals surface area contributed by atoms with E-state index in [2.05, 4.69) is 32.9 Å². The lowest BCUT2D eigenvalue weighted by atomic mass is 9.93. The van der Waals surface area contributed by atoms with Crippen LogP contribution < -0.4 is 0 Å². The first-order valence-electron chi connectivity index (χ1n) is 11.3. The summed E-state index contributed by atoms with van der Waals surface area (Å²) < 4.78 is 0. The highest BCUT2D eigenvalue weighted by Gasteiger charge is 2.39. The fraction of sp³-hybridized carbons (Fsp3) is 0.250. The molecule has 6 nitrogen and oxygen atoms in total. The number of nitrogens with zero attached hydrogens (tertiary/aromatic N) is 2. The fourth-order valence-corrected chi connectivity index (χ4v) is 4.68. The highest BCUT2D eigenvalue weighted by Crippen LogP contribution is 2.41. The van der Waals surface area contributed by atoms with Crippen LogP contribution in [0.4, 0.5) is 5.69 Å². The Morgan fingerprint density at radius 3 is 2.18 bits per heavy atom. The van der Waals surface area contributed by atoms with Gasteiger partial charge in [-0.25, -0.2) is 0 Å². The van der Waals surface area contributed by atoms with Gasteiger partial charge >= 0.3 is 0 Å². The molecule has 1 aliphatic rings. The first kappa shape index (κ1) is 23.4. The van der Waals surface area contributed by atoms with Gasteiger partial charge in [-0.05, 0) is 55.5 Å². The van der Waals surface area contributed by atoms with E-state index in [-0.39, 0.29) is 17.5 Å². The summed E-state index contributed by atoms with van der Waals surface area (Å²) in [4.78, 5) is 29.9.